The number of hydrogen-bond donors (Lipinski definition) is 1. The summed E-state index contributed by atoms with van der Waals surface area (Å²) in [5, 5.41) is 0. The molecule has 0 saturated carbocycles. The van der Waals surface area contributed by atoms with Crippen molar-refractivity contribution in [1.82, 2.24) is 0 Å². The summed E-state index contributed by atoms with van der Waals surface area (Å²) in [6, 6.07) is 12.3. The number of hydrogen-bond acceptors (Lipinski definition) is 3. The van der Waals surface area contributed by atoms with E-state index in [2.05, 4.69) is 15.9 Å². The lowest BCUT2D eigenvalue weighted by Gasteiger charge is -2.09. The summed E-state index contributed by atoms with van der Waals surface area (Å²) in [5.74, 6) is 0.405. The molecule has 0 radical (unpaired) electrons. The fraction of sp³-hybridized carbons (Fsp3) is 0.0714. The first kappa shape index (κ1) is 12.6. The highest BCUT2D eigenvalue weighted by Crippen LogP contribution is 2.25. The highest BCUT2D eigenvalue weighted by molar-refractivity contribution is 9.10. The molecule has 0 fully saturated rings. The smallest absolute Gasteiger partial charge is 0.198 e. The van der Waals surface area contributed by atoms with E-state index < -0.39 is 0 Å². The van der Waals surface area contributed by atoms with Gasteiger partial charge in [0.2, 0.25) is 0 Å². The monoisotopic (exact) mass is 305 g/mol. The molecule has 0 amide bonds. The van der Waals surface area contributed by atoms with E-state index in [-0.39, 0.29) is 5.78 Å². The fourth-order valence-electron chi connectivity index (χ4n) is 1.72. The second-order valence-electron chi connectivity index (χ2n) is 3.76. The molecule has 2 N–H and O–H groups in total. The minimum Gasteiger partial charge on any atom is -0.496 e. The molecule has 18 heavy (non-hydrogen) atoms. The lowest BCUT2D eigenvalue weighted by Crippen LogP contribution is -2.07. The van der Waals surface area contributed by atoms with E-state index in [0.29, 0.717) is 22.6 Å². The van der Waals surface area contributed by atoms with Gasteiger partial charge in [0.15, 0.2) is 5.78 Å². The largest absolute Gasteiger partial charge is 0.496 e. The number of ketones is 1. The molecule has 0 aliphatic rings. The van der Waals surface area contributed by atoms with Crippen molar-refractivity contribution in [3.8, 4) is 5.75 Å². The van der Waals surface area contributed by atoms with E-state index in [1.54, 1.807) is 36.4 Å². The number of para-hydroxylation sites is 1. The van der Waals surface area contributed by atoms with Gasteiger partial charge in [-0.05, 0) is 30.3 Å². The zero-order chi connectivity index (χ0) is 13.1. The normalized spacial score (nSPS) is 10.1. The van der Waals surface area contributed by atoms with E-state index in [1.807, 2.05) is 6.07 Å². The maximum absolute atomic E-state index is 12.4. The molecule has 3 nitrogen and oxygen atoms in total. The quantitative estimate of drug-likeness (QED) is 0.699. The maximum Gasteiger partial charge on any atom is 0.198 e. The van der Waals surface area contributed by atoms with Crippen molar-refractivity contribution < 1.29 is 9.53 Å². The molecule has 0 unspecified atom stereocenters. The van der Waals surface area contributed by atoms with Crippen LogP contribution in [0.1, 0.15) is 15.9 Å². The van der Waals surface area contributed by atoms with Crippen molar-refractivity contribution in [3.63, 3.8) is 0 Å². The predicted molar refractivity (Wildman–Crippen MR) is 75.0 cm³/mol. The van der Waals surface area contributed by atoms with Gasteiger partial charge in [0, 0.05) is 15.7 Å². The highest BCUT2D eigenvalue weighted by Gasteiger charge is 2.16. The van der Waals surface area contributed by atoms with Crippen LogP contribution in [0.15, 0.2) is 46.9 Å². The third-order valence-electron chi connectivity index (χ3n) is 2.61. The topological polar surface area (TPSA) is 52.3 Å². The Morgan fingerprint density at radius 1 is 1.17 bits per heavy atom. The molecule has 0 aromatic heterocycles. The van der Waals surface area contributed by atoms with Crippen LogP contribution in [-0.2, 0) is 0 Å². The van der Waals surface area contributed by atoms with E-state index in [1.165, 1.54) is 7.11 Å². The molecular weight excluding hydrogens is 294 g/mol. The highest BCUT2D eigenvalue weighted by atomic mass is 79.9. The average molecular weight is 306 g/mol. The number of carbonyl (C=O) groups is 1. The molecule has 0 heterocycles. The number of methoxy groups -OCH3 is 1. The Kier molecular flexibility index (Phi) is 3.67. The van der Waals surface area contributed by atoms with Crippen LogP contribution >= 0.6 is 15.9 Å². The van der Waals surface area contributed by atoms with Gasteiger partial charge in [-0.1, -0.05) is 28.1 Å². The first-order valence-corrected chi connectivity index (χ1v) is 6.15. The molecule has 0 spiro atoms. The minimum atomic E-state index is -0.141. The van der Waals surface area contributed by atoms with Crippen LogP contribution in [0.2, 0.25) is 0 Å². The number of ether oxygens (including phenoxy) is 1. The van der Waals surface area contributed by atoms with Crippen molar-refractivity contribution in [1.29, 1.82) is 0 Å². The first-order chi connectivity index (χ1) is 8.63. The molecule has 2 aromatic carbocycles. The van der Waals surface area contributed by atoms with Crippen LogP contribution in [0.3, 0.4) is 0 Å². The number of carbonyl (C=O) groups excluding carboxylic acids is 1. The van der Waals surface area contributed by atoms with E-state index in [9.17, 15) is 4.79 Å². The Morgan fingerprint density at radius 2 is 1.89 bits per heavy atom. The molecule has 0 atom stereocenters. The molecule has 0 bridgehead atoms. The van der Waals surface area contributed by atoms with E-state index in [0.717, 1.165) is 4.47 Å². The number of nitrogens with two attached hydrogens (primary N) is 1. The van der Waals surface area contributed by atoms with Gasteiger partial charge in [0.1, 0.15) is 5.75 Å². The summed E-state index contributed by atoms with van der Waals surface area (Å²) in [7, 11) is 1.54. The van der Waals surface area contributed by atoms with Crippen molar-refractivity contribution in [2.75, 3.05) is 12.8 Å². The van der Waals surface area contributed by atoms with Crippen LogP contribution in [0.25, 0.3) is 0 Å². The number of anilines is 1. The van der Waals surface area contributed by atoms with E-state index in [4.69, 9.17) is 10.5 Å². The summed E-state index contributed by atoms with van der Waals surface area (Å²) in [4.78, 5) is 12.4. The predicted octanol–water partition coefficient (Wildman–Crippen LogP) is 3.27. The molecule has 2 aromatic rings. The summed E-state index contributed by atoms with van der Waals surface area (Å²) < 4.78 is 6.02. The molecule has 0 saturated heterocycles. The van der Waals surface area contributed by atoms with Crippen LogP contribution in [0, 0.1) is 0 Å². The number of rotatable bonds is 3. The van der Waals surface area contributed by atoms with Crippen LogP contribution in [0.5, 0.6) is 5.75 Å². The van der Waals surface area contributed by atoms with Gasteiger partial charge in [-0.3, -0.25) is 4.79 Å². The Balaban J connectivity index is 2.48. The Bertz CT molecular complexity index is 596. The average Bonchev–Trinajstić information content (AvgIpc) is 2.38. The maximum atomic E-state index is 12.4. The van der Waals surface area contributed by atoms with Gasteiger partial charge in [0.25, 0.3) is 0 Å². The molecule has 92 valence electrons. The number of nitrogen functional groups attached to an aromatic ring is 1. The van der Waals surface area contributed by atoms with Gasteiger partial charge < -0.3 is 10.5 Å². The Hall–Kier alpha value is -1.81. The molecule has 0 aliphatic carbocycles. The van der Waals surface area contributed by atoms with Gasteiger partial charge in [-0.25, -0.2) is 0 Å². The Labute approximate surface area is 114 Å². The minimum absolute atomic E-state index is 0.141. The zero-order valence-corrected chi connectivity index (χ0v) is 11.4. The third kappa shape index (κ3) is 2.38. The van der Waals surface area contributed by atoms with Gasteiger partial charge in [0.05, 0.1) is 12.7 Å². The van der Waals surface area contributed by atoms with Crippen molar-refractivity contribution >= 4 is 27.4 Å². The van der Waals surface area contributed by atoms with Crippen molar-refractivity contribution in [3.05, 3.63) is 58.1 Å². The fourth-order valence-corrected chi connectivity index (χ4v) is 2.10. The summed E-state index contributed by atoms with van der Waals surface area (Å²) in [5.41, 5.74) is 7.29. The first-order valence-electron chi connectivity index (χ1n) is 5.36. The standard InChI is InChI=1S/C14H12BrNO2/c1-18-13-5-3-2-4-11(13)14(17)10-7-6-9(15)8-12(10)16/h2-8H,16H2,1H3. The van der Waals surface area contributed by atoms with Crippen LogP contribution < -0.4 is 10.5 Å². The van der Waals surface area contributed by atoms with Gasteiger partial charge in [-0.2, -0.15) is 0 Å². The van der Waals surface area contributed by atoms with Gasteiger partial charge in [-0.15, -0.1) is 0 Å². The third-order valence-corrected chi connectivity index (χ3v) is 3.10. The van der Waals surface area contributed by atoms with Crippen molar-refractivity contribution in [2.45, 2.75) is 0 Å². The lowest BCUT2D eigenvalue weighted by molar-refractivity contribution is 0.103. The van der Waals surface area contributed by atoms with Gasteiger partial charge >= 0.3 is 0 Å². The summed E-state index contributed by atoms with van der Waals surface area (Å²) in [6.45, 7) is 0. The SMILES string of the molecule is COc1ccccc1C(=O)c1ccc(Br)cc1N. The van der Waals surface area contributed by atoms with Crippen LogP contribution in [0.4, 0.5) is 5.69 Å². The number of benzene rings is 2. The second kappa shape index (κ2) is 5.23. The molecule has 4 heteroatoms. The van der Waals surface area contributed by atoms with E-state index >= 15 is 0 Å². The lowest BCUT2D eigenvalue weighted by atomic mass is 10.0. The van der Waals surface area contributed by atoms with Crippen LogP contribution in [-0.4, -0.2) is 12.9 Å². The Morgan fingerprint density at radius 3 is 2.56 bits per heavy atom. The summed E-state index contributed by atoms with van der Waals surface area (Å²) in [6.07, 6.45) is 0. The second-order valence-corrected chi connectivity index (χ2v) is 4.68. The molecular formula is C14H12BrNO2. The van der Waals surface area contributed by atoms with Crippen molar-refractivity contribution in [2.24, 2.45) is 0 Å². The molecule has 0 aliphatic heterocycles. The molecule has 2 rings (SSSR count). The summed E-state index contributed by atoms with van der Waals surface area (Å²) >= 11 is 3.31. The zero-order valence-electron chi connectivity index (χ0n) is 9.81. The number of halogens is 1.